The lowest BCUT2D eigenvalue weighted by molar-refractivity contribution is -0.118. The van der Waals surface area contributed by atoms with E-state index in [1.807, 2.05) is 26.0 Å². The summed E-state index contributed by atoms with van der Waals surface area (Å²) < 4.78 is 0. The molecule has 1 aliphatic rings. The Morgan fingerprint density at radius 3 is 2.71 bits per heavy atom. The fourth-order valence-electron chi connectivity index (χ4n) is 2.14. The van der Waals surface area contributed by atoms with Gasteiger partial charge in [0.1, 0.15) is 0 Å². The monoisotopic (exact) mass is 233 g/mol. The summed E-state index contributed by atoms with van der Waals surface area (Å²) in [6.07, 6.45) is 3.44. The molecule has 0 saturated heterocycles. The van der Waals surface area contributed by atoms with Crippen LogP contribution in [0.2, 0.25) is 0 Å². The van der Waals surface area contributed by atoms with Crippen LogP contribution in [0.25, 0.3) is 0 Å². The van der Waals surface area contributed by atoms with Crippen LogP contribution in [0.5, 0.6) is 0 Å². The number of aromatic nitrogens is 1. The SMILES string of the molecule is Cc1ccc(NC(=O)CC2(N)CCC2)c(C)n1. The molecule has 0 radical (unpaired) electrons. The number of pyridine rings is 1. The van der Waals surface area contributed by atoms with Crippen LogP contribution >= 0.6 is 0 Å². The van der Waals surface area contributed by atoms with Gasteiger partial charge in [-0.2, -0.15) is 0 Å². The van der Waals surface area contributed by atoms with Gasteiger partial charge in [-0.25, -0.2) is 0 Å². The zero-order valence-electron chi connectivity index (χ0n) is 10.4. The fourth-order valence-corrected chi connectivity index (χ4v) is 2.14. The van der Waals surface area contributed by atoms with Gasteiger partial charge in [-0.3, -0.25) is 9.78 Å². The molecule has 1 aromatic heterocycles. The minimum absolute atomic E-state index is 0.0130. The molecule has 0 aliphatic heterocycles. The molecule has 4 heteroatoms. The summed E-state index contributed by atoms with van der Waals surface area (Å²) in [5, 5.41) is 2.88. The van der Waals surface area contributed by atoms with Crippen molar-refractivity contribution < 1.29 is 4.79 Å². The maximum atomic E-state index is 11.8. The number of anilines is 1. The molecule has 1 amide bonds. The maximum absolute atomic E-state index is 11.8. The number of hydrogen-bond donors (Lipinski definition) is 2. The van der Waals surface area contributed by atoms with Gasteiger partial charge in [-0.15, -0.1) is 0 Å². The van der Waals surface area contributed by atoms with Crippen molar-refractivity contribution in [3.05, 3.63) is 23.5 Å². The molecule has 1 fully saturated rings. The molecule has 1 aliphatic carbocycles. The van der Waals surface area contributed by atoms with Crippen LogP contribution < -0.4 is 11.1 Å². The summed E-state index contributed by atoms with van der Waals surface area (Å²) in [5.74, 6) is -0.0130. The van der Waals surface area contributed by atoms with Crippen LogP contribution in [0.4, 0.5) is 5.69 Å². The van der Waals surface area contributed by atoms with Gasteiger partial charge in [0.15, 0.2) is 0 Å². The van der Waals surface area contributed by atoms with Crippen LogP contribution in [0, 0.1) is 13.8 Å². The summed E-state index contributed by atoms with van der Waals surface area (Å²) in [4.78, 5) is 16.2. The average Bonchev–Trinajstić information content (AvgIpc) is 2.20. The van der Waals surface area contributed by atoms with Gasteiger partial charge in [-0.1, -0.05) is 0 Å². The van der Waals surface area contributed by atoms with Gasteiger partial charge in [0.25, 0.3) is 0 Å². The molecular formula is C13H19N3O. The van der Waals surface area contributed by atoms with Gasteiger partial charge in [0, 0.05) is 17.7 Å². The maximum Gasteiger partial charge on any atom is 0.226 e. The first-order chi connectivity index (χ1) is 7.98. The Kier molecular flexibility index (Phi) is 3.15. The van der Waals surface area contributed by atoms with E-state index in [1.165, 1.54) is 0 Å². The highest BCUT2D eigenvalue weighted by Crippen LogP contribution is 2.32. The quantitative estimate of drug-likeness (QED) is 0.838. The zero-order valence-corrected chi connectivity index (χ0v) is 10.4. The second-order valence-corrected chi connectivity index (χ2v) is 5.03. The molecule has 0 aromatic carbocycles. The first-order valence-corrected chi connectivity index (χ1v) is 6.01. The van der Waals surface area contributed by atoms with Crippen LogP contribution in [-0.2, 0) is 4.79 Å². The van der Waals surface area contributed by atoms with E-state index in [1.54, 1.807) is 0 Å². The standard InChI is InChI=1S/C13H19N3O/c1-9-4-5-11(10(2)15-9)16-12(17)8-13(14)6-3-7-13/h4-5H,3,6-8,14H2,1-2H3,(H,16,17). The Balaban J connectivity index is 1.98. The molecule has 0 atom stereocenters. The smallest absolute Gasteiger partial charge is 0.226 e. The third-order valence-corrected chi connectivity index (χ3v) is 3.36. The zero-order chi connectivity index (χ0) is 12.5. The van der Waals surface area contributed by atoms with E-state index in [-0.39, 0.29) is 11.4 Å². The normalized spacial score (nSPS) is 17.4. The predicted octanol–water partition coefficient (Wildman–Crippen LogP) is 1.91. The lowest BCUT2D eigenvalue weighted by Gasteiger charge is -2.37. The van der Waals surface area contributed by atoms with Gasteiger partial charge in [0.2, 0.25) is 5.91 Å². The molecule has 17 heavy (non-hydrogen) atoms. The Bertz CT molecular complexity index is 438. The Labute approximate surface area is 102 Å². The molecule has 2 rings (SSSR count). The third-order valence-electron chi connectivity index (χ3n) is 3.36. The number of hydrogen-bond acceptors (Lipinski definition) is 3. The predicted molar refractivity (Wildman–Crippen MR) is 67.7 cm³/mol. The lowest BCUT2D eigenvalue weighted by atomic mass is 9.75. The third kappa shape index (κ3) is 2.82. The Morgan fingerprint density at radius 1 is 1.47 bits per heavy atom. The van der Waals surface area contributed by atoms with E-state index in [0.717, 1.165) is 36.3 Å². The summed E-state index contributed by atoms with van der Waals surface area (Å²) in [6.45, 7) is 3.83. The molecule has 92 valence electrons. The molecule has 0 bridgehead atoms. The number of rotatable bonds is 3. The molecule has 1 aromatic rings. The number of nitrogens with zero attached hydrogens (tertiary/aromatic N) is 1. The van der Waals surface area contributed by atoms with Crippen molar-refractivity contribution in [2.24, 2.45) is 5.73 Å². The van der Waals surface area contributed by atoms with E-state index < -0.39 is 0 Å². The molecule has 0 spiro atoms. The largest absolute Gasteiger partial charge is 0.325 e. The minimum atomic E-state index is -0.268. The molecule has 3 N–H and O–H groups in total. The van der Waals surface area contributed by atoms with Crippen LogP contribution in [0.1, 0.15) is 37.1 Å². The Morgan fingerprint density at radius 2 is 2.18 bits per heavy atom. The second-order valence-electron chi connectivity index (χ2n) is 5.03. The first kappa shape index (κ1) is 12.0. The van der Waals surface area contributed by atoms with Crippen LogP contribution in [0.15, 0.2) is 12.1 Å². The summed E-state index contributed by atoms with van der Waals surface area (Å²) in [7, 11) is 0. The minimum Gasteiger partial charge on any atom is -0.325 e. The van der Waals surface area contributed by atoms with Crippen molar-refractivity contribution in [1.29, 1.82) is 0 Å². The first-order valence-electron chi connectivity index (χ1n) is 6.01. The van der Waals surface area contributed by atoms with E-state index in [0.29, 0.717) is 6.42 Å². The number of aryl methyl sites for hydroxylation is 2. The van der Waals surface area contributed by atoms with E-state index in [4.69, 9.17) is 5.73 Å². The number of carbonyl (C=O) groups excluding carboxylic acids is 1. The van der Waals surface area contributed by atoms with Crippen molar-refractivity contribution in [2.75, 3.05) is 5.32 Å². The summed E-state index contributed by atoms with van der Waals surface area (Å²) in [6, 6.07) is 3.78. The number of nitrogens with two attached hydrogens (primary N) is 1. The average molecular weight is 233 g/mol. The van der Waals surface area contributed by atoms with Gasteiger partial charge in [-0.05, 0) is 45.2 Å². The number of carbonyl (C=O) groups is 1. The Hall–Kier alpha value is -1.42. The fraction of sp³-hybridized carbons (Fsp3) is 0.538. The highest BCUT2D eigenvalue weighted by atomic mass is 16.1. The van der Waals surface area contributed by atoms with Crippen molar-refractivity contribution >= 4 is 11.6 Å². The van der Waals surface area contributed by atoms with E-state index in [9.17, 15) is 4.79 Å². The summed E-state index contributed by atoms with van der Waals surface area (Å²) in [5.41, 5.74) is 8.36. The van der Waals surface area contributed by atoms with Crippen LogP contribution in [-0.4, -0.2) is 16.4 Å². The van der Waals surface area contributed by atoms with Crippen molar-refractivity contribution in [3.63, 3.8) is 0 Å². The summed E-state index contributed by atoms with van der Waals surface area (Å²) >= 11 is 0. The van der Waals surface area contributed by atoms with Crippen molar-refractivity contribution in [3.8, 4) is 0 Å². The molecule has 0 unspecified atom stereocenters. The van der Waals surface area contributed by atoms with Crippen LogP contribution in [0.3, 0.4) is 0 Å². The van der Waals surface area contributed by atoms with Gasteiger partial charge < -0.3 is 11.1 Å². The number of amides is 1. The molecule has 4 nitrogen and oxygen atoms in total. The lowest BCUT2D eigenvalue weighted by Crippen LogP contribution is -2.48. The second kappa shape index (κ2) is 4.45. The highest BCUT2D eigenvalue weighted by molar-refractivity contribution is 5.92. The molecular weight excluding hydrogens is 214 g/mol. The topological polar surface area (TPSA) is 68.0 Å². The number of nitrogens with one attached hydrogen (secondary N) is 1. The van der Waals surface area contributed by atoms with Crippen molar-refractivity contribution in [1.82, 2.24) is 4.98 Å². The van der Waals surface area contributed by atoms with E-state index >= 15 is 0 Å². The van der Waals surface area contributed by atoms with Gasteiger partial charge in [0.05, 0.1) is 11.4 Å². The highest BCUT2D eigenvalue weighted by Gasteiger charge is 2.34. The van der Waals surface area contributed by atoms with Crippen molar-refractivity contribution in [2.45, 2.75) is 45.1 Å². The van der Waals surface area contributed by atoms with Gasteiger partial charge >= 0.3 is 0 Å². The molecule has 1 saturated carbocycles. The molecule has 1 heterocycles. The van der Waals surface area contributed by atoms with E-state index in [2.05, 4.69) is 10.3 Å².